The summed E-state index contributed by atoms with van der Waals surface area (Å²) in [6.07, 6.45) is 1.36. The third kappa shape index (κ3) is 1.49. The molecule has 0 aliphatic heterocycles. The number of amidine groups is 1. The van der Waals surface area contributed by atoms with Gasteiger partial charge < -0.3 is 15.1 Å². The van der Waals surface area contributed by atoms with Crippen molar-refractivity contribution in [3.63, 3.8) is 0 Å². The molecular weight excluding hydrogens is 144 g/mol. The maximum atomic E-state index is 7.03. The Morgan fingerprint density at radius 2 is 2.36 bits per heavy atom. The van der Waals surface area contributed by atoms with Crippen LogP contribution in [-0.4, -0.2) is 24.9 Å². The van der Waals surface area contributed by atoms with Crippen molar-refractivity contribution in [3.05, 3.63) is 12.0 Å². The van der Waals surface area contributed by atoms with Crippen LogP contribution in [0.1, 0.15) is 5.69 Å². The normalized spacial score (nSPS) is 9.64. The molecule has 60 valence electrons. The molecule has 1 heterocycles. The van der Waals surface area contributed by atoms with Gasteiger partial charge in [0.2, 0.25) is 0 Å². The summed E-state index contributed by atoms with van der Waals surface area (Å²) in [4.78, 5) is 5.62. The van der Waals surface area contributed by atoms with E-state index in [1.165, 1.54) is 6.26 Å². The fraction of sp³-hybridized carbons (Fsp3) is 0.333. The molecule has 11 heavy (non-hydrogen) atoms. The van der Waals surface area contributed by atoms with E-state index in [2.05, 4.69) is 4.98 Å². The first kappa shape index (κ1) is 7.59. The minimum atomic E-state index is -0.0816. The number of nitrogens with two attached hydrogens (primary N) is 1. The first-order chi connectivity index (χ1) is 5.11. The lowest BCUT2D eigenvalue weighted by Crippen LogP contribution is -2.13. The smallest absolute Gasteiger partial charge is 0.297 e. The molecule has 1 rings (SSSR count). The van der Waals surface area contributed by atoms with Gasteiger partial charge in [0, 0.05) is 14.1 Å². The van der Waals surface area contributed by atoms with E-state index in [9.17, 15) is 0 Å². The summed E-state index contributed by atoms with van der Waals surface area (Å²) in [5, 5.41) is 7.03. The Balaban J connectivity index is 2.90. The number of hydrogen-bond acceptors (Lipinski definition) is 4. The second kappa shape index (κ2) is 2.61. The van der Waals surface area contributed by atoms with Crippen molar-refractivity contribution in [2.24, 2.45) is 5.73 Å². The van der Waals surface area contributed by atoms with Gasteiger partial charge in [0.1, 0.15) is 17.8 Å². The van der Waals surface area contributed by atoms with Crippen molar-refractivity contribution in [1.29, 1.82) is 5.41 Å². The van der Waals surface area contributed by atoms with Gasteiger partial charge in [-0.3, -0.25) is 5.41 Å². The number of hydrogen-bond donors (Lipinski definition) is 2. The van der Waals surface area contributed by atoms with Crippen molar-refractivity contribution in [1.82, 2.24) is 4.98 Å². The van der Waals surface area contributed by atoms with Crippen molar-refractivity contribution in [3.8, 4) is 0 Å². The van der Waals surface area contributed by atoms with Crippen LogP contribution < -0.4 is 10.6 Å². The molecule has 0 aliphatic rings. The monoisotopic (exact) mass is 154 g/mol. The van der Waals surface area contributed by atoms with Crippen molar-refractivity contribution in [2.75, 3.05) is 19.0 Å². The SMILES string of the molecule is CN(C)c1nc(C(=N)N)co1. The lowest BCUT2D eigenvalue weighted by Gasteiger charge is -2.03. The maximum Gasteiger partial charge on any atom is 0.297 e. The summed E-state index contributed by atoms with van der Waals surface area (Å²) in [6, 6.07) is 0.454. The highest BCUT2D eigenvalue weighted by atomic mass is 16.4. The van der Waals surface area contributed by atoms with E-state index >= 15 is 0 Å². The molecule has 0 radical (unpaired) electrons. The number of oxazole rings is 1. The van der Waals surface area contributed by atoms with E-state index in [1.807, 2.05) is 0 Å². The largest absolute Gasteiger partial charge is 0.431 e. The molecular formula is C6H10N4O. The van der Waals surface area contributed by atoms with Crippen LogP contribution in [0, 0.1) is 5.41 Å². The zero-order valence-electron chi connectivity index (χ0n) is 6.46. The van der Waals surface area contributed by atoms with Crippen LogP contribution in [0.25, 0.3) is 0 Å². The summed E-state index contributed by atoms with van der Waals surface area (Å²) in [6.45, 7) is 0. The molecule has 0 saturated carbocycles. The first-order valence-corrected chi connectivity index (χ1v) is 3.08. The van der Waals surface area contributed by atoms with Gasteiger partial charge in [-0.05, 0) is 0 Å². The standard InChI is InChI=1S/C6H10N4O/c1-10(2)6-9-4(3-11-6)5(7)8/h3H,1-2H3,(H3,7,8). The number of anilines is 1. The van der Waals surface area contributed by atoms with Gasteiger partial charge in [-0.1, -0.05) is 0 Å². The molecule has 0 spiro atoms. The quantitative estimate of drug-likeness (QED) is 0.465. The van der Waals surface area contributed by atoms with Gasteiger partial charge in [-0.15, -0.1) is 0 Å². The molecule has 0 fully saturated rings. The average molecular weight is 154 g/mol. The molecule has 0 saturated heterocycles. The summed E-state index contributed by atoms with van der Waals surface area (Å²) in [5.41, 5.74) is 5.54. The number of rotatable bonds is 2. The zero-order chi connectivity index (χ0) is 8.43. The fourth-order valence-electron chi connectivity index (χ4n) is 0.593. The van der Waals surface area contributed by atoms with Crippen LogP contribution >= 0.6 is 0 Å². The molecule has 0 bridgehead atoms. The fourth-order valence-corrected chi connectivity index (χ4v) is 0.593. The molecule has 0 aromatic carbocycles. The topological polar surface area (TPSA) is 79.1 Å². The molecule has 1 aromatic rings. The molecule has 5 heteroatoms. The van der Waals surface area contributed by atoms with E-state index in [4.69, 9.17) is 15.6 Å². The first-order valence-electron chi connectivity index (χ1n) is 3.08. The maximum absolute atomic E-state index is 7.03. The Morgan fingerprint density at radius 3 is 2.64 bits per heavy atom. The molecule has 0 atom stereocenters. The molecule has 0 aliphatic carbocycles. The lowest BCUT2D eigenvalue weighted by atomic mass is 10.5. The number of nitrogens with one attached hydrogen (secondary N) is 1. The summed E-state index contributed by atoms with van der Waals surface area (Å²) >= 11 is 0. The van der Waals surface area contributed by atoms with Gasteiger partial charge in [0.05, 0.1) is 0 Å². The zero-order valence-corrected chi connectivity index (χ0v) is 6.46. The van der Waals surface area contributed by atoms with Gasteiger partial charge in [-0.25, -0.2) is 0 Å². The highest BCUT2D eigenvalue weighted by Gasteiger charge is 2.06. The Bertz CT molecular complexity index is 265. The predicted molar refractivity (Wildman–Crippen MR) is 41.8 cm³/mol. The summed E-state index contributed by atoms with van der Waals surface area (Å²) < 4.78 is 4.98. The Morgan fingerprint density at radius 1 is 1.73 bits per heavy atom. The Kier molecular flexibility index (Phi) is 1.80. The Hall–Kier alpha value is -1.52. The van der Waals surface area contributed by atoms with Crippen molar-refractivity contribution < 1.29 is 4.42 Å². The highest BCUT2D eigenvalue weighted by molar-refractivity contribution is 5.92. The summed E-state index contributed by atoms with van der Waals surface area (Å²) in [7, 11) is 3.60. The van der Waals surface area contributed by atoms with E-state index in [0.717, 1.165) is 0 Å². The molecule has 1 aromatic heterocycles. The summed E-state index contributed by atoms with van der Waals surface area (Å²) in [5.74, 6) is -0.0816. The highest BCUT2D eigenvalue weighted by Crippen LogP contribution is 2.08. The molecule has 0 unspecified atom stereocenters. The van der Waals surface area contributed by atoms with E-state index < -0.39 is 0 Å². The second-order valence-electron chi connectivity index (χ2n) is 2.32. The predicted octanol–water partition coefficient (Wildman–Crippen LogP) is 0.0247. The van der Waals surface area contributed by atoms with E-state index in [0.29, 0.717) is 11.7 Å². The molecule has 3 N–H and O–H groups in total. The van der Waals surface area contributed by atoms with Crippen LogP contribution in [0.4, 0.5) is 6.01 Å². The number of nitrogen functional groups attached to an aromatic ring is 1. The minimum Gasteiger partial charge on any atom is -0.431 e. The van der Waals surface area contributed by atoms with Crippen molar-refractivity contribution in [2.45, 2.75) is 0 Å². The molecule has 5 nitrogen and oxygen atoms in total. The average Bonchev–Trinajstić information content (AvgIpc) is 2.33. The number of nitrogens with zero attached hydrogens (tertiary/aromatic N) is 2. The van der Waals surface area contributed by atoms with Crippen LogP contribution in [0.15, 0.2) is 10.7 Å². The van der Waals surface area contributed by atoms with Gasteiger partial charge in [-0.2, -0.15) is 4.98 Å². The van der Waals surface area contributed by atoms with Gasteiger partial charge in [0.15, 0.2) is 0 Å². The third-order valence-electron chi connectivity index (χ3n) is 1.15. The van der Waals surface area contributed by atoms with E-state index in [1.54, 1.807) is 19.0 Å². The lowest BCUT2D eigenvalue weighted by molar-refractivity contribution is 0.556. The van der Waals surface area contributed by atoms with Crippen LogP contribution in [0.2, 0.25) is 0 Å². The van der Waals surface area contributed by atoms with Crippen LogP contribution in [0.3, 0.4) is 0 Å². The van der Waals surface area contributed by atoms with Gasteiger partial charge in [0.25, 0.3) is 6.01 Å². The minimum absolute atomic E-state index is 0.0816. The Labute approximate surface area is 64.3 Å². The molecule has 0 amide bonds. The van der Waals surface area contributed by atoms with Crippen molar-refractivity contribution >= 4 is 11.9 Å². The van der Waals surface area contributed by atoms with Crippen LogP contribution in [-0.2, 0) is 0 Å². The third-order valence-corrected chi connectivity index (χ3v) is 1.15. The van der Waals surface area contributed by atoms with E-state index in [-0.39, 0.29) is 5.84 Å². The number of aromatic nitrogens is 1. The second-order valence-corrected chi connectivity index (χ2v) is 2.32. The van der Waals surface area contributed by atoms with Crippen LogP contribution in [0.5, 0.6) is 0 Å². The van der Waals surface area contributed by atoms with Gasteiger partial charge >= 0.3 is 0 Å².